The first-order valence-electron chi connectivity index (χ1n) is 8.91. The molecule has 0 bridgehead atoms. The summed E-state index contributed by atoms with van der Waals surface area (Å²) in [7, 11) is -1.56. The summed E-state index contributed by atoms with van der Waals surface area (Å²) < 4.78 is 28.3. The molecule has 0 radical (unpaired) electrons. The van der Waals surface area contributed by atoms with Crippen molar-refractivity contribution in [2.24, 2.45) is 0 Å². The first-order valence-corrected chi connectivity index (χ1v) is 10.4. The fourth-order valence-electron chi connectivity index (χ4n) is 3.26. The zero-order valence-corrected chi connectivity index (χ0v) is 17.2. The number of aryl methyl sites for hydroxylation is 1. The molecule has 2 rings (SSSR count). The minimum absolute atomic E-state index is 0.0562. The molecule has 25 heavy (non-hydrogen) atoms. The number of sulfonamides is 1. The molecule has 1 saturated heterocycles. The Labute approximate surface area is 152 Å². The highest BCUT2D eigenvalue weighted by Crippen LogP contribution is 2.31. The predicted octanol–water partition coefficient (Wildman–Crippen LogP) is 2.29. The standard InChI is InChI=1S/C19H32N2O3S/c1-14-11-16(19(3,4)5)12-18(15(14)2)25(23,24)21-9-8-20(6)17(13-21)7-10-22/h11-12,17,22H,7-10,13H2,1-6H3. The minimum atomic E-state index is -3.55. The van der Waals surface area contributed by atoms with E-state index in [9.17, 15) is 13.5 Å². The van der Waals surface area contributed by atoms with Crippen LogP contribution in [0.1, 0.15) is 43.9 Å². The Kier molecular flexibility index (Phi) is 5.99. The molecule has 5 nitrogen and oxygen atoms in total. The molecule has 0 aromatic heterocycles. The maximum atomic E-state index is 13.3. The molecule has 1 unspecified atom stereocenters. The van der Waals surface area contributed by atoms with Crippen LogP contribution in [0.5, 0.6) is 0 Å². The van der Waals surface area contributed by atoms with Crippen molar-refractivity contribution in [2.75, 3.05) is 33.3 Å². The van der Waals surface area contributed by atoms with E-state index in [4.69, 9.17) is 0 Å². The maximum Gasteiger partial charge on any atom is 0.243 e. The Morgan fingerprint density at radius 3 is 2.40 bits per heavy atom. The summed E-state index contributed by atoms with van der Waals surface area (Å²) in [5, 5.41) is 9.25. The van der Waals surface area contributed by atoms with Crippen molar-refractivity contribution in [3.63, 3.8) is 0 Å². The SMILES string of the molecule is Cc1cc(C(C)(C)C)cc(S(=O)(=O)N2CCN(C)C(CCO)C2)c1C. The average Bonchev–Trinajstić information content (AvgIpc) is 2.50. The van der Waals surface area contributed by atoms with Gasteiger partial charge in [0.1, 0.15) is 0 Å². The van der Waals surface area contributed by atoms with Gasteiger partial charge in [0.25, 0.3) is 0 Å². The highest BCUT2D eigenvalue weighted by Gasteiger charge is 2.34. The number of hydrogen-bond acceptors (Lipinski definition) is 4. The van der Waals surface area contributed by atoms with Crippen LogP contribution < -0.4 is 0 Å². The second-order valence-electron chi connectivity index (χ2n) is 8.18. The number of nitrogens with zero attached hydrogens (tertiary/aromatic N) is 2. The maximum absolute atomic E-state index is 13.3. The van der Waals surface area contributed by atoms with Crippen LogP contribution in [0.2, 0.25) is 0 Å². The zero-order valence-electron chi connectivity index (χ0n) is 16.3. The molecule has 0 saturated carbocycles. The van der Waals surface area contributed by atoms with Gasteiger partial charge in [-0.3, -0.25) is 0 Å². The second kappa shape index (κ2) is 7.35. The lowest BCUT2D eigenvalue weighted by Gasteiger charge is -2.39. The van der Waals surface area contributed by atoms with Crippen molar-refractivity contribution in [2.45, 2.75) is 57.4 Å². The summed E-state index contributed by atoms with van der Waals surface area (Å²) in [6.07, 6.45) is 0.586. The van der Waals surface area contributed by atoms with Crippen LogP contribution in [0.25, 0.3) is 0 Å². The van der Waals surface area contributed by atoms with E-state index in [0.717, 1.165) is 16.7 Å². The van der Waals surface area contributed by atoms with Crippen LogP contribution in [0.4, 0.5) is 0 Å². The summed E-state index contributed by atoms with van der Waals surface area (Å²) in [4.78, 5) is 2.55. The second-order valence-corrected chi connectivity index (χ2v) is 10.1. The molecule has 1 atom stereocenters. The van der Waals surface area contributed by atoms with Crippen molar-refractivity contribution in [3.05, 3.63) is 28.8 Å². The lowest BCUT2D eigenvalue weighted by atomic mass is 9.85. The summed E-state index contributed by atoms with van der Waals surface area (Å²) >= 11 is 0. The van der Waals surface area contributed by atoms with E-state index < -0.39 is 10.0 Å². The van der Waals surface area contributed by atoms with Crippen LogP contribution in [0.3, 0.4) is 0 Å². The van der Waals surface area contributed by atoms with Crippen LogP contribution in [0.15, 0.2) is 17.0 Å². The third-order valence-corrected chi connectivity index (χ3v) is 7.30. The summed E-state index contributed by atoms with van der Waals surface area (Å²) in [6, 6.07) is 3.99. The molecule has 1 heterocycles. The number of likely N-dealkylation sites (N-methyl/N-ethyl adjacent to an activating group) is 1. The summed E-state index contributed by atoms with van der Waals surface area (Å²) in [6.45, 7) is 11.8. The number of piperazine rings is 1. The van der Waals surface area contributed by atoms with Gasteiger partial charge in [-0.1, -0.05) is 26.8 Å². The van der Waals surface area contributed by atoms with Gasteiger partial charge in [0.15, 0.2) is 0 Å². The highest BCUT2D eigenvalue weighted by molar-refractivity contribution is 7.89. The molecule has 1 aromatic rings. The molecule has 1 N–H and O–H groups in total. The van der Waals surface area contributed by atoms with E-state index in [1.807, 2.05) is 27.0 Å². The van der Waals surface area contributed by atoms with Crippen LogP contribution >= 0.6 is 0 Å². The molecule has 0 aliphatic carbocycles. The van der Waals surface area contributed by atoms with Gasteiger partial charge in [-0.05, 0) is 55.5 Å². The van der Waals surface area contributed by atoms with Crippen molar-refractivity contribution >= 4 is 10.0 Å². The van der Waals surface area contributed by atoms with Gasteiger partial charge in [-0.15, -0.1) is 0 Å². The summed E-state index contributed by atoms with van der Waals surface area (Å²) in [5.74, 6) is 0. The fraction of sp³-hybridized carbons (Fsp3) is 0.684. The average molecular weight is 369 g/mol. The van der Waals surface area contributed by atoms with Crippen molar-refractivity contribution in [1.29, 1.82) is 0 Å². The van der Waals surface area contributed by atoms with Gasteiger partial charge < -0.3 is 10.0 Å². The lowest BCUT2D eigenvalue weighted by molar-refractivity contribution is 0.120. The Morgan fingerprint density at radius 2 is 1.84 bits per heavy atom. The zero-order chi connectivity index (χ0) is 19.0. The van der Waals surface area contributed by atoms with E-state index in [1.165, 1.54) is 0 Å². The normalized spacial score (nSPS) is 20.8. The monoisotopic (exact) mass is 368 g/mol. The molecule has 142 valence electrons. The number of rotatable bonds is 4. The van der Waals surface area contributed by atoms with Crippen LogP contribution in [0, 0.1) is 13.8 Å². The minimum Gasteiger partial charge on any atom is -0.396 e. The predicted molar refractivity (Wildman–Crippen MR) is 101 cm³/mol. The third-order valence-electron chi connectivity index (χ3n) is 5.31. The van der Waals surface area contributed by atoms with E-state index in [2.05, 4.69) is 31.7 Å². The lowest BCUT2D eigenvalue weighted by Crippen LogP contribution is -2.53. The van der Waals surface area contributed by atoms with E-state index in [1.54, 1.807) is 4.31 Å². The molecule has 1 aliphatic heterocycles. The van der Waals surface area contributed by atoms with E-state index in [0.29, 0.717) is 31.0 Å². The molecule has 0 amide bonds. The Balaban J connectivity index is 2.44. The molecule has 0 spiro atoms. The van der Waals surface area contributed by atoms with E-state index >= 15 is 0 Å². The quantitative estimate of drug-likeness (QED) is 0.886. The van der Waals surface area contributed by atoms with Crippen molar-refractivity contribution in [3.8, 4) is 0 Å². The third kappa shape index (κ3) is 4.25. The van der Waals surface area contributed by atoms with Gasteiger partial charge in [0.05, 0.1) is 4.90 Å². The van der Waals surface area contributed by atoms with Crippen molar-refractivity contribution < 1.29 is 13.5 Å². The Hall–Kier alpha value is -0.950. The molecule has 1 aliphatic rings. The molecular formula is C19H32N2O3S. The number of benzene rings is 1. The van der Waals surface area contributed by atoms with Crippen molar-refractivity contribution in [1.82, 2.24) is 9.21 Å². The van der Waals surface area contributed by atoms with Gasteiger partial charge in [-0.25, -0.2) is 8.42 Å². The van der Waals surface area contributed by atoms with Crippen LogP contribution in [-0.2, 0) is 15.4 Å². The number of aliphatic hydroxyl groups is 1. The van der Waals surface area contributed by atoms with Gasteiger partial charge in [0, 0.05) is 32.3 Å². The Morgan fingerprint density at radius 1 is 1.20 bits per heavy atom. The number of aliphatic hydroxyl groups excluding tert-OH is 1. The fourth-order valence-corrected chi connectivity index (χ4v) is 5.06. The molecular weight excluding hydrogens is 336 g/mol. The molecule has 1 aromatic carbocycles. The van der Waals surface area contributed by atoms with Gasteiger partial charge >= 0.3 is 0 Å². The smallest absolute Gasteiger partial charge is 0.243 e. The van der Waals surface area contributed by atoms with Gasteiger partial charge in [0.2, 0.25) is 10.0 Å². The molecule has 1 fully saturated rings. The van der Waals surface area contributed by atoms with E-state index in [-0.39, 0.29) is 18.1 Å². The first-order chi connectivity index (χ1) is 11.5. The Bertz CT molecular complexity index is 723. The number of hydrogen-bond donors (Lipinski definition) is 1. The largest absolute Gasteiger partial charge is 0.396 e. The van der Waals surface area contributed by atoms with Gasteiger partial charge in [-0.2, -0.15) is 4.31 Å². The first kappa shape index (κ1) is 20.4. The summed E-state index contributed by atoms with van der Waals surface area (Å²) in [5.41, 5.74) is 2.76. The topological polar surface area (TPSA) is 60.9 Å². The van der Waals surface area contributed by atoms with Crippen LogP contribution in [-0.4, -0.2) is 62.1 Å². The highest BCUT2D eigenvalue weighted by atomic mass is 32.2. The molecule has 6 heteroatoms.